The molecule has 6 nitrogen and oxygen atoms in total. The van der Waals surface area contributed by atoms with Gasteiger partial charge in [0.25, 0.3) is 5.91 Å². The highest BCUT2D eigenvalue weighted by Crippen LogP contribution is 2.38. The summed E-state index contributed by atoms with van der Waals surface area (Å²) < 4.78 is 7.74. The predicted octanol–water partition coefficient (Wildman–Crippen LogP) is 3.73. The van der Waals surface area contributed by atoms with Gasteiger partial charge in [-0.1, -0.05) is 18.2 Å². The van der Waals surface area contributed by atoms with E-state index in [1.165, 1.54) is 36.0 Å². The van der Waals surface area contributed by atoms with E-state index in [1.807, 2.05) is 18.2 Å². The van der Waals surface area contributed by atoms with E-state index in [2.05, 4.69) is 41.5 Å². The smallest absolute Gasteiger partial charge is 0.331 e. The van der Waals surface area contributed by atoms with E-state index in [0.717, 1.165) is 18.7 Å². The van der Waals surface area contributed by atoms with Crippen LogP contribution in [-0.4, -0.2) is 53.6 Å². The SMILES string of the molecule is Cc1cc(/C=C/C(=O)O[C@@H](C)C(=O)N2CCN(c3ccccc3)CC2)c(C)n1C1CC1. The molecule has 1 atom stereocenters. The number of amides is 1. The first-order chi connectivity index (χ1) is 14.9. The van der Waals surface area contributed by atoms with Gasteiger partial charge in [0.1, 0.15) is 0 Å². The zero-order valence-corrected chi connectivity index (χ0v) is 18.6. The summed E-state index contributed by atoms with van der Waals surface area (Å²) in [6, 6.07) is 12.9. The topological polar surface area (TPSA) is 54.8 Å². The molecule has 31 heavy (non-hydrogen) atoms. The highest BCUT2D eigenvalue weighted by molar-refractivity contribution is 5.90. The Kier molecular flexibility index (Phi) is 6.16. The monoisotopic (exact) mass is 421 g/mol. The van der Waals surface area contributed by atoms with Crippen molar-refractivity contribution in [1.29, 1.82) is 0 Å². The molecule has 6 heteroatoms. The van der Waals surface area contributed by atoms with Crippen LogP contribution < -0.4 is 4.90 Å². The molecule has 1 aromatic heterocycles. The van der Waals surface area contributed by atoms with Crippen LogP contribution in [0.25, 0.3) is 6.08 Å². The number of carbonyl (C=O) groups excluding carboxylic acids is 2. The molecule has 2 fully saturated rings. The van der Waals surface area contributed by atoms with Crippen molar-refractivity contribution in [3.63, 3.8) is 0 Å². The molecule has 2 heterocycles. The van der Waals surface area contributed by atoms with Gasteiger partial charge in [-0.05, 0) is 63.5 Å². The van der Waals surface area contributed by atoms with Crippen LogP contribution in [0.2, 0.25) is 0 Å². The number of aromatic nitrogens is 1. The Balaban J connectivity index is 1.28. The van der Waals surface area contributed by atoms with Gasteiger partial charge in [0.2, 0.25) is 0 Å². The molecule has 0 spiro atoms. The summed E-state index contributed by atoms with van der Waals surface area (Å²) in [6.07, 6.45) is 4.87. The second kappa shape index (κ2) is 9.00. The van der Waals surface area contributed by atoms with E-state index in [4.69, 9.17) is 4.74 Å². The van der Waals surface area contributed by atoms with Crippen molar-refractivity contribution in [3.8, 4) is 0 Å². The van der Waals surface area contributed by atoms with Crippen molar-refractivity contribution in [2.24, 2.45) is 0 Å². The van der Waals surface area contributed by atoms with Crippen LogP contribution in [0.4, 0.5) is 5.69 Å². The van der Waals surface area contributed by atoms with Gasteiger partial charge < -0.3 is 19.1 Å². The Hall–Kier alpha value is -3.02. The van der Waals surface area contributed by atoms with Crippen LogP contribution in [0.3, 0.4) is 0 Å². The zero-order valence-electron chi connectivity index (χ0n) is 18.6. The Bertz CT molecular complexity index is 967. The summed E-state index contributed by atoms with van der Waals surface area (Å²) in [5.74, 6) is -0.624. The highest BCUT2D eigenvalue weighted by Gasteiger charge is 2.28. The number of hydrogen-bond acceptors (Lipinski definition) is 4. The Labute approximate surface area is 184 Å². The minimum absolute atomic E-state index is 0.138. The molecule has 164 valence electrons. The molecular weight excluding hydrogens is 390 g/mol. The second-order valence-electron chi connectivity index (χ2n) is 8.49. The van der Waals surface area contributed by atoms with E-state index in [9.17, 15) is 9.59 Å². The molecule has 0 radical (unpaired) electrons. The van der Waals surface area contributed by atoms with Crippen molar-refractivity contribution in [2.75, 3.05) is 31.1 Å². The summed E-state index contributed by atoms with van der Waals surface area (Å²) in [5.41, 5.74) is 4.58. The third kappa shape index (κ3) is 4.84. The van der Waals surface area contributed by atoms with Gasteiger partial charge in [-0.3, -0.25) is 4.79 Å². The normalized spacial score (nSPS) is 17.8. The maximum atomic E-state index is 12.7. The number of esters is 1. The van der Waals surface area contributed by atoms with Crippen molar-refractivity contribution in [3.05, 3.63) is 59.4 Å². The number of carbonyl (C=O) groups is 2. The molecule has 1 saturated heterocycles. The van der Waals surface area contributed by atoms with Crippen LogP contribution >= 0.6 is 0 Å². The van der Waals surface area contributed by atoms with Crippen molar-refractivity contribution < 1.29 is 14.3 Å². The summed E-state index contributed by atoms with van der Waals surface area (Å²) in [7, 11) is 0. The van der Waals surface area contributed by atoms with Crippen LogP contribution in [0.5, 0.6) is 0 Å². The molecular formula is C25H31N3O3. The zero-order chi connectivity index (χ0) is 22.0. The van der Waals surface area contributed by atoms with Gasteiger partial charge in [-0.15, -0.1) is 0 Å². The Morgan fingerprint density at radius 3 is 2.39 bits per heavy atom. The summed E-state index contributed by atoms with van der Waals surface area (Å²) in [5, 5.41) is 0. The minimum Gasteiger partial charge on any atom is -0.449 e. The molecule has 0 unspecified atom stereocenters. The molecule has 1 saturated carbocycles. The third-order valence-electron chi connectivity index (χ3n) is 6.19. The van der Waals surface area contributed by atoms with E-state index < -0.39 is 12.1 Å². The lowest BCUT2D eigenvalue weighted by molar-refractivity contribution is -0.155. The fraction of sp³-hybridized carbons (Fsp3) is 0.440. The van der Waals surface area contributed by atoms with Gasteiger partial charge in [-0.2, -0.15) is 0 Å². The van der Waals surface area contributed by atoms with E-state index in [0.29, 0.717) is 19.1 Å². The highest BCUT2D eigenvalue weighted by atomic mass is 16.5. The van der Waals surface area contributed by atoms with Gasteiger partial charge in [-0.25, -0.2) is 4.79 Å². The Morgan fingerprint density at radius 1 is 1.06 bits per heavy atom. The lowest BCUT2D eigenvalue weighted by atomic mass is 10.2. The molecule has 2 aromatic rings. The number of anilines is 1. The number of piperazine rings is 1. The largest absolute Gasteiger partial charge is 0.449 e. The lowest BCUT2D eigenvalue weighted by Crippen LogP contribution is -2.51. The standard InChI is InChI=1S/C25H31N3O3/c1-18-17-21(19(2)28(18)23-10-11-23)9-12-24(29)31-20(3)25(30)27-15-13-26(14-16-27)22-7-5-4-6-8-22/h4-9,12,17,20,23H,10-11,13-16H2,1-3H3/b12-9+/t20-/m0/s1. The minimum atomic E-state index is -0.792. The van der Waals surface area contributed by atoms with E-state index in [-0.39, 0.29) is 5.91 Å². The molecule has 0 bridgehead atoms. The fourth-order valence-electron chi connectivity index (χ4n) is 4.37. The third-order valence-corrected chi connectivity index (χ3v) is 6.19. The van der Waals surface area contributed by atoms with Gasteiger partial charge in [0.15, 0.2) is 6.10 Å². The number of nitrogens with zero attached hydrogens (tertiary/aromatic N) is 3. The maximum Gasteiger partial charge on any atom is 0.331 e. The molecule has 1 aromatic carbocycles. The number of benzene rings is 1. The average Bonchev–Trinajstić information content (AvgIpc) is 3.57. The van der Waals surface area contributed by atoms with Gasteiger partial charge in [0, 0.05) is 55.4 Å². The number of para-hydroxylation sites is 1. The summed E-state index contributed by atoms with van der Waals surface area (Å²) in [4.78, 5) is 29.1. The van der Waals surface area contributed by atoms with Crippen LogP contribution in [-0.2, 0) is 14.3 Å². The maximum absolute atomic E-state index is 12.7. The summed E-state index contributed by atoms with van der Waals surface area (Å²) >= 11 is 0. The molecule has 1 aliphatic heterocycles. The molecule has 4 rings (SSSR count). The van der Waals surface area contributed by atoms with Gasteiger partial charge in [0.05, 0.1) is 0 Å². The average molecular weight is 422 g/mol. The molecule has 1 aliphatic carbocycles. The predicted molar refractivity (Wildman–Crippen MR) is 122 cm³/mol. The number of ether oxygens (including phenoxy) is 1. The first-order valence-electron chi connectivity index (χ1n) is 11.1. The van der Waals surface area contributed by atoms with E-state index >= 15 is 0 Å². The Morgan fingerprint density at radius 2 is 1.74 bits per heavy atom. The molecule has 1 amide bonds. The lowest BCUT2D eigenvalue weighted by Gasteiger charge is -2.36. The molecule has 0 N–H and O–H groups in total. The van der Waals surface area contributed by atoms with Crippen molar-refractivity contribution >= 4 is 23.6 Å². The summed E-state index contributed by atoms with van der Waals surface area (Å²) in [6.45, 7) is 8.62. The number of hydrogen-bond donors (Lipinski definition) is 0. The second-order valence-corrected chi connectivity index (χ2v) is 8.49. The van der Waals surface area contributed by atoms with Crippen LogP contribution in [0, 0.1) is 13.8 Å². The number of aryl methyl sites for hydroxylation is 1. The molecule has 2 aliphatic rings. The van der Waals surface area contributed by atoms with Crippen molar-refractivity contribution in [2.45, 2.75) is 45.8 Å². The van der Waals surface area contributed by atoms with Crippen LogP contribution in [0.1, 0.15) is 42.8 Å². The van der Waals surface area contributed by atoms with E-state index in [1.54, 1.807) is 17.9 Å². The first-order valence-corrected chi connectivity index (χ1v) is 11.1. The first kappa shape index (κ1) is 21.2. The van der Waals surface area contributed by atoms with Gasteiger partial charge >= 0.3 is 5.97 Å². The number of rotatable bonds is 6. The van der Waals surface area contributed by atoms with Crippen LogP contribution in [0.15, 0.2) is 42.5 Å². The quantitative estimate of drug-likeness (QED) is 0.527. The fourth-order valence-corrected chi connectivity index (χ4v) is 4.37. The van der Waals surface area contributed by atoms with Crippen molar-refractivity contribution in [1.82, 2.24) is 9.47 Å².